The van der Waals surface area contributed by atoms with Crippen molar-refractivity contribution in [2.24, 2.45) is 0 Å². The van der Waals surface area contributed by atoms with Gasteiger partial charge >= 0.3 is 0 Å². The second-order valence-electron chi connectivity index (χ2n) is 6.10. The zero-order chi connectivity index (χ0) is 16.8. The van der Waals surface area contributed by atoms with Crippen LogP contribution in [0.3, 0.4) is 0 Å². The molecule has 0 aromatic heterocycles. The number of ether oxygens (including phenoxy) is 1. The highest BCUT2D eigenvalue weighted by Crippen LogP contribution is 2.32. The lowest BCUT2D eigenvalue weighted by atomic mass is 9.96. The van der Waals surface area contributed by atoms with Crippen LogP contribution in [-0.4, -0.2) is 37.7 Å². The Morgan fingerprint density at radius 3 is 2.67 bits per heavy atom. The molecule has 0 saturated carbocycles. The summed E-state index contributed by atoms with van der Waals surface area (Å²) >= 11 is 6.27. The van der Waals surface area contributed by atoms with E-state index >= 15 is 0 Å². The van der Waals surface area contributed by atoms with Gasteiger partial charge in [0.2, 0.25) is 0 Å². The van der Waals surface area contributed by atoms with Gasteiger partial charge in [0.25, 0.3) is 0 Å². The molecular weight excluding hydrogens is 320 g/mol. The van der Waals surface area contributed by atoms with Gasteiger partial charge in [-0.1, -0.05) is 35.9 Å². The number of hydrogen-bond donors (Lipinski definition) is 1. The van der Waals surface area contributed by atoms with Gasteiger partial charge in [-0.05, 0) is 55.3 Å². The van der Waals surface area contributed by atoms with E-state index in [9.17, 15) is 0 Å². The number of nitrogens with one attached hydrogen (secondary N) is 1. The minimum atomic E-state index is 0.198. The molecule has 0 aliphatic carbocycles. The molecule has 3 rings (SSSR count). The van der Waals surface area contributed by atoms with Crippen LogP contribution in [0.1, 0.15) is 30.5 Å². The molecule has 1 N–H and O–H groups in total. The zero-order valence-corrected chi connectivity index (χ0v) is 14.9. The van der Waals surface area contributed by atoms with Crippen LogP contribution in [0.25, 0.3) is 0 Å². The van der Waals surface area contributed by atoms with Crippen molar-refractivity contribution >= 4 is 11.6 Å². The Bertz CT molecular complexity index is 654. The number of rotatable bonds is 5. The Labute approximate surface area is 149 Å². The second kappa shape index (κ2) is 8.52. The summed E-state index contributed by atoms with van der Waals surface area (Å²) in [5.74, 6) is 0.926. The van der Waals surface area contributed by atoms with Gasteiger partial charge in [0.05, 0.1) is 12.6 Å². The minimum absolute atomic E-state index is 0.198. The molecule has 0 radical (unpaired) electrons. The number of hydrogen-bond acceptors (Lipinski definition) is 3. The zero-order valence-electron chi connectivity index (χ0n) is 14.2. The quantitative estimate of drug-likeness (QED) is 0.882. The highest BCUT2D eigenvalue weighted by molar-refractivity contribution is 6.30. The first-order valence-corrected chi connectivity index (χ1v) is 9.08. The largest absolute Gasteiger partial charge is 0.494 e. The van der Waals surface area contributed by atoms with E-state index in [2.05, 4.69) is 40.5 Å². The highest BCUT2D eigenvalue weighted by atomic mass is 35.5. The third kappa shape index (κ3) is 4.29. The van der Waals surface area contributed by atoms with Gasteiger partial charge < -0.3 is 10.1 Å². The summed E-state index contributed by atoms with van der Waals surface area (Å²) in [6.45, 7) is 6.89. The van der Waals surface area contributed by atoms with Crippen molar-refractivity contribution in [3.05, 3.63) is 64.7 Å². The van der Waals surface area contributed by atoms with Crippen molar-refractivity contribution in [3.63, 3.8) is 0 Å². The summed E-state index contributed by atoms with van der Waals surface area (Å²) in [5, 5.41) is 4.27. The average Bonchev–Trinajstić information content (AvgIpc) is 2.85. The van der Waals surface area contributed by atoms with Crippen LogP contribution >= 0.6 is 11.6 Å². The van der Waals surface area contributed by atoms with Gasteiger partial charge in [-0.15, -0.1) is 0 Å². The predicted octanol–water partition coefficient (Wildman–Crippen LogP) is 4.12. The fourth-order valence-electron chi connectivity index (χ4n) is 3.36. The highest BCUT2D eigenvalue weighted by Gasteiger charge is 2.23. The van der Waals surface area contributed by atoms with Crippen LogP contribution < -0.4 is 10.1 Å². The van der Waals surface area contributed by atoms with E-state index in [0.717, 1.165) is 43.4 Å². The first-order valence-electron chi connectivity index (χ1n) is 8.71. The van der Waals surface area contributed by atoms with E-state index in [1.807, 2.05) is 25.1 Å². The van der Waals surface area contributed by atoms with E-state index < -0.39 is 0 Å². The van der Waals surface area contributed by atoms with Crippen molar-refractivity contribution < 1.29 is 4.74 Å². The Morgan fingerprint density at radius 1 is 1.08 bits per heavy atom. The number of nitrogens with zero attached hydrogens (tertiary/aromatic N) is 1. The Hall–Kier alpha value is -1.55. The van der Waals surface area contributed by atoms with Gasteiger partial charge in [-0.25, -0.2) is 0 Å². The van der Waals surface area contributed by atoms with Crippen molar-refractivity contribution in [1.29, 1.82) is 0 Å². The summed E-state index contributed by atoms with van der Waals surface area (Å²) in [6.07, 6.45) is 1.15. The van der Waals surface area contributed by atoms with E-state index in [0.29, 0.717) is 6.61 Å². The summed E-state index contributed by atoms with van der Waals surface area (Å²) in [5.41, 5.74) is 2.49. The van der Waals surface area contributed by atoms with Crippen LogP contribution in [-0.2, 0) is 0 Å². The Kier molecular flexibility index (Phi) is 6.13. The molecule has 0 spiro atoms. The number of benzene rings is 2. The third-order valence-electron chi connectivity index (χ3n) is 4.39. The Morgan fingerprint density at radius 2 is 1.88 bits per heavy atom. The van der Waals surface area contributed by atoms with E-state index in [-0.39, 0.29) is 6.04 Å². The van der Waals surface area contributed by atoms with Gasteiger partial charge in [0.1, 0.15) is 5.75 Å². The maximum Gasteiger partial charge on any atom is 0.119 e. The summed E-state index contributed by atoms with van der Waals surface area (Å²) < 4.78 is 5.71. The van der Waals surface area contributed by atoms with Crippen LogP contribution in [0, 0.1) is 0 Å². The lowest BCUT2D eigenvalue weighted by Crippen LogP contribution is -2.33. The standard InChI is InChI=1S/C20H25ClN2O/c1-2-24-19-9-4-7-17(15-19)20(16-6-3-8-18(21)14-16)23-12-5-10-22-11-13-23/h3-4,6-9,14-15,20,22H,2,5,10-13H2,1H3. The first kappa shape index (κ1) is 17.3. The summed E-state index contributed by atoms with van der Waals surface area (Å²) in [4.78, 5) is 2.54. The lowest BCUT2D eigenvalue weighted by molar-refractivity contribution is 0.240. The molecule has 0 amide bonds. The molecule has 24 heavy (non-hydrogen) atoms. The fourth-order valence-corrected chi connectivity index (χ4v) is 3.56. The van der Waals surface area contributed by atoms with Crippen LogP contribution in [0.2, 0.25) is 5.02 Å². The fraction of sp³-hybridized carbons (Fsp3) is 0.400. The van der Waals surface area contributed by atoms with Gasteiger partial charge in [0.15, 0.2) is 0 Å². The predicted molar refractivity (Wildman–Crippen MR) is 100.0 cm³/mol. The lowest BCUT2D eigenvalue weighted by Gasteiger charge is -2.31. The van der Waals surface area contributed by atoms with Crippen molar-refractivity contribution in [2.45, 2.75) is 19.4 Å². The molecule has 1 fully saturated rings. The molecule has 1 unspecified atom stereocenters. The molecule has 1 saturated heterocycles. The van der Waals surface area contributed by atoms with E-state index in [4.69, 9.17) is 16.3 Å². The second-order valence-corrected chi connectivity index (χ2v) is 6.54. The monoisotopic (exact) mass is 344 g/mol. The van der Waals surface area contributed by atoms with Gasteiger partial charge in [-0.3, -0.25) is 4.90 Å². The molecule has 1 aliphatic rings. The Balaban J connectivity index is 1.99. The summed E-state index contributed by atoms with van der Waals surface area (Å²) in [7, 11) is 0. The smallest absolute Gasteiger partial charge is 0.119 e. The normalized spacial score (nSPS) is 17.2. The van der Waals surface area contributed by atoms with Crippen LogP contribution in [0.5, 0.6) is 5.75 Å². The van der Waals surface area contributed by atoms with E-state index in [1.165, 1.54) is 11.1 Å². The molecule has 4 heteroatoms. The molecule has 1 heterocycles. The minimum Gasteiger partial charge on any atom is -0.494 e. The molecule has 2 aromatic rings. The van der Waals surface area contributed by atoms with Crippen LogP contribution in [0.15, 0.2) is 48.5 Å². The van der Waals surface area contributed by atoms with Gasteiger partial charge in [0, 0.05) is 24.7 Å². The van der Waals surface area contributed by atoms with Crippen molar-refractivity contribution in [3.8, 4) is 5.75 Å². The van der Waals surface area contributed by atoms with Gasteiger partial charge in [-0.2, -0.15) is 0 Å². The van der Waals surface area contributed by atoms with E-state index in [1.54, 1.807) is 0 Å². The maximum atomic E-state index is 6.27. The summed E-state index contributed by atoms with van der Waals surface area (Å²) in [6, 6.07) is 16.9. The molecule has 1 atom stereocenters. The third-order valence-corrected chi connectivity index (χ3v) is 4.62. The average molecular weight is 345 g/mol. The maximum absolute atomic E-state index is 6.27. The molecule has 2 aromatic carbocycles. The topological polar surface area (TPSA) is 24.5 Å². The molecule has 128 valence electrons. The van der Waals surface area contributed by atoms with Crippen molar-refractivity contribution in [2.75, 3.05) is 32.8 Å². The first-order chi connectivity index (χ1) is 11.8. The molecule has 0 bridgehead atoms. The van der Waals surface area contributed by atoms with Crippen LogP contribution in [0.4, 0.5) is 0 Å². The SMILES string of the molecule is CCOc1cccc(C(c2cccc(Cl)c2)N2CCCNCC2)c1. The number of halogens is 1. The molecule has 1 aliphatic heterocycles. The molecular formula is C20H25ClN2O. The molecule has 3 nitrogen and oxygen atoms in total. The van der Waals surface area contributed by atoms with Crippen molar-refractivity contribution in [1.82, 2.24) is 10.2 Å².